The molecular formula is C12H13BrN4O. The summed E-state index contributed by atoms with van der Waals surface area (Å²) in [5, 5.41) is 6.77. The van der Waals surface area contributed by atoms with Crippen molar-refractivity contribution in [3.05, 3.63) is 40.1 Å². The zero-order chi connectivity index (χ0) is 13.3. The molecule has 0 unspecified atom stereocenters. The Balaban J connectivity index is 2.30. The van der Waals surface area contributed by atoms with Crippen molar-refractivity contribution in [3.8, 4) is 0 Å². The molecule has 2 rings (SSSR count). The van der Waals surface area contributed by atoms with Gasteiger partial charge in [-0.1, -0.05) is 22.0 Å². The van der Waals surface area contributed by atoms with Crippen LogP contribution in [0.4, 0.5) is 11.4 Å². The number of aryl methyl sites for hydroxylation is 2. The molecule has 0 bridgehead atoms. The van der Waals surface area contributed by atoms with E-state index in [0.717, 1.165) is 15.7 Å². The summed E-state index contributed by atoms with van der Waals surface area (Å²) in [6.45, 7) is 1.93. The lowest BCUT2D eigenvalue weighted by Gasteiger charge is -2.09. The number of carbonyl (C=O) groups excluding carboxylic acids is 1. The predicted molar refractivity (Wildman–Crippen MR) is 74.5 cm³/mol. The van der Waals surface area contributed by atoms with E-state index in [4.69, 9.17) is 5.73 Å². The first-order valence-corrected chi connectivity index (χ1v) is 6.13. The van der Waals surface area contributed by atoms with Crippen LogP contribution in [-0.4, -0.2) is 15.7 Å². The molecule has 2 aromatic rings. The van der Waals surface area contributed by atoms with E-state index in [1.54, 1.807) is 7.05 Å². The summed E-state index contributed by atoms with van der Waals surface area (Å²) in [5.41, 5.74) is 8.15. The topological polar surface area (TPSA) is 72.9 Å². The van der Waals surface area contributed by atoms with Gasteiger partial charge < -0.3 is 11.1 Å². The average molecular weight is 309 g/mol. The van der Waals surface area contributed by atoms with Crippen molar-refractivity contribution in [2.75, 3.05) is 11.1 Å². The van der Waals surface area contributed by atoms with Crippen molar-refractivity contribution >= 4 is 33.2 Å². The van der Waals surface area contributed by atoms with Crippen LogP contribution in [-0.2, 0) is 7.05 Å². The molecule has 18 heavy (non-hydrogen) atoms. The van der Waals surface area contributed by atoms with Gasteiger partial charge in [0.1, 0.15) is 5.69 Å². The fourth-order valence-corrected chi connectivity index (χ4v) is 2.00. The molecule has 1 amide bonds. The maximum absolute atomic E-state index is 12.1. The van der Waals surface area contributed by atoms with Crippen LogP contribution < -0.4 is 11.1 Å². The first-order valence-electron chi connectivity index (χ1n) is 5.34. The molecule has 0 radical (unpaired) electrons. The Hall–Kier alpha value is -1.82. The van der Waals surface area contributed by atoms with Crippen LogP contribution in [0.25, 0.3) is 0 Å². The summed E-state index contributed by atoms with van der Waals surface area (Å²) in [4.78, 5) is 12.1. The number of amides is 1. The summed E-state index contributed by atoms with van der Waals surface area (Å²) in [5.74, 6) is -0.270. The molecule has 0 spiro atoms. The van der Waals surface area contributed by atoms with Crippen LogP contribution in [0.3, 0.4) is 0 Å². The van der Waals surface area contributed by atoms with Crippen molar-refractivity contribution in [1.29, 1.82) is 0 Å². The summed E-state index contributed by atoms with van der Waals surface area (Å²) in [7, 11) is 1.68. The number of hydrogen-bond donors (Lipinski definition) is 2. The van der Waals surface area contributed by atoms with Gasteiger partial charge in [-0.2, -0.15) is 5.10 Å². The molecular weight excluding hydrogens is 296 g/mol. The van der Waals surface area contributed by atoms with Crippen LogP contribution >= 0.6 is 15.9 Å². The van der Waals surface area contributed by atoms with E-state index >= 15 is 0 Å². The number of nitrogens with zero attached hydrogens (tertiary/aromatic N) is 2. The highest BCUT2D eigenvalue weighted by molar-refractivity contribution is 9.10. The molecule has 0 saturated heterocycles. The molecule has 0 fully saturated rings. The minimum atomic E-state index is -0.270. The SMILES string of the molecule is Cc1ccc(Br)cc1NC(=O)c1c(N)cnn1C. The number of hydrogen-bond acceptors (Lipinski definition) is 3. The third-order valence-electron chi connectivity index (χ3n) is 2.63. The monoisotopic (exact) mass is 308 g/mol. The van der Waals surface area contributed by atoms with Gasteiger partial charge in [-0.3, -0.25) is 9.48 Å². The number of nitrogens with two attached hydrogens (primary N) is 1. The Morgan fingerprint density at radius 2 is 2.22 bits per heavy atom. The van der Waals surface area contributed by atoms with E-state index in [2.05, 4.69) is 26.3 Å². The normalized spacial score (nSPS) is 10.4. The molecule has 0 aliphatic heterocycles. The molecule has 0 aliphatic rings. The van der Waals surface area contributed by atoms with E-state index in [-0.39, 0.29) is 5.91 Å². The molecule has 3 N–H and O–H groups in total. The number of anilines is 2. The second-order valence-corrected chi connectivity index (χ2v) is 4.90. The highest BCUT2D eigenvalue weighted by Crippen LogP contribution is 2.22. The van der Waals surface area contributed by atoms with Gasteiger partial charge in [0.2, 0.25) is 0 Å². The van der Waals surface area contributed by atoms with Gasteiger partial charge >= 0.3 is 0 Å². The van der Waals surface area contributed by atoms with Gasteiger partial charge in [-0.05, 0) is 24.6 Å². The molecule has 1 aromatic carbocycles. The van der Waals surface area contributed by atoms with Crippen molar-refractivity contribution < 1.29 is 4.79 Å². The minimum Gasteiger partial charge on any atom is -0.396 e. The summed E-state index contributed by atoms with van der Waals surface area (Å²) < 4.78 is 2.36. The predicted octanol–water partition coefficient (Wildman–Crippen LogP) is 2.33. The van der Waals surface area contributed by atoms with E-state index in [0.29, 0.717) is 11.4 Å². The van der Waals surface area contributed by atoms with E-state index in [1.807, 2.05) is 25.1 Å². The number of nitrogen functional groups attached to an aromatic ring is 1. The fourth-order valence-electron chi connectivity index (χ4n) is 1.64. The maximum Gasteiger partial charge on any atom is 0.276 e. The van der Waals surface area contributed by atoms with Gasteiger partial charge in [0.25, 0.3) is 5.91 Å². The van der Waals surface area contributed by atoms with E-state index in [1.165, 1.54) is 10.9 Å². The second kappa shape index (κ2) is 4.81. The smallest absolute Gasteiger partial charge is 0.276 e. The minimum absolute atomic E-state index is 0.270. The van der Waals surface area contributed by atoms with Crippen molar-refractivity contribution in [2.24, 2.45) is 7.05 Å². The molecule has 94 valence electrons. The van der Waals surface area contributed by atoms with Gasteiger partial charge in [-0.15, -0.1) is 0 Å². The van der Waals surface area contributed by atoms with Gasteiger partial charge in [0, 0.05) is 17.2 Å². The Labute approximate surface area is 113 Å². The van der Waals surface area contributed by atoms with Crippen molar-refractivity contribution in [1.82, 2.24) is 9.78 Å². The molecule has 5 nitrogen and oxygen atoms in total. The Morgan fingerprint density at radius 3 is 2.83 bits per heavy atom. The maximum atomic E-state index is 12.1. The van der Waals surface area contributed by atoms with Crippen LogP contribution in [0.15, 0.2) is 28.9 Å². The first-order chi connectivity index (χ1) is 8.49. The third kappa shape index (κ3) is 2.38. The van der Waals surface area contributed by atoms with Crippen LogP contribution in [0, 0.1) is 6.92 Å². The largest absolute Gasteiger partial charge is 0.396 e. The number of benzene rings is 1. The third-order valence-corrected chi connectivity index (χ3v) is 3.12. The Morgan fingerprint density at radius 1 is 1.50 bits per heavy atom. The van der Waals surface area contributed by atoms with Crippen LogP contribution in [0.1, 0.15) is 16.1 Å². The standard InChI is InChI=1S/C12H13BrN4O/c1-7-3-4-8(13)5-10(7)16-12(18)11-9(14)6-15-17(11)2/h3-6H,14H2,1-2H3,(H,16,18). The number of carbonyl (C=O) groups is 1. The number of nitrogens with one attached hydrogen (secondary N) is 1. The molecule has 0 aliphatic carbocycles. The molecule has 6 heteroatoms. The summed E-state index contributed by atoms with van der Waals surface area (Å²) in [6.07, 6.45) is 1.46. The van der Waals surface area contributed by atoms with Crippen LogP contribution in [0.5, 0.6) is 0 Å². The van der Waals surface area contributed by atoms with Crippen molar-refractivity contribution in [2.45, 2.75) is 6.92 Å². The lowest BCUT2D eigenvalue weighted by Crippen LogP contribution is -2.18. The average Bonchev–Trinajstić information content (AvgIpc) is 2.63. The quantitative estimate of drug-likeness (QED) is 0.894. The number of rotatable bonds is 2. The van der Waals surface area contributed by atoms with E-state index < -0.39 is 0 Å². The van der Waals surface area contributed by atoms with Crippen molar-refractivity contribution in [3.63, 3.8) is 0 Å². The summed E-state index contributed by atoms with van der Waals surface area (Å²) in [6, 6.07) is 5.69. The van der Waals surface area contributed by atoms with Gasteiger partial charge in [0.05, 0.1) is 11.9 Å². The Bertz CT molecular complexity index is 587. The van der Waals surface area contributed by atoms with E-state index in [9.17, 15) is 4.79 Å². The van der Waals surface area contributed by atoms with Gasteiger partial charge in [0.15, 0.2) is 0 Å². The molecule has 1 aromatic heterocycles. The lowest BCUT2D eigenvalue weighted by atomic mass is 10.2. The highest BCUT2D eigenvalue weighted by atomic mass is 79.9. The zero-order valence-corrected chi connectivity index (χ0v) is 11.7. The highest BCUT2D eigenvalue weighted by Gasteiger charge is 2.15. The lowest BCUT2D eigenvalue weighted by molar-refractivity contribution is 0.101. The molecule has 0 saturated carbocycles. The fraction of sp³-hybridized carbons (Fsp3) is 0.167. The van der Waals surface area contributed by atoms with Crippen LogP contribution in [0.2, 0.25) is 0 Å². The Kier molecular flexibility index (Phi) is 3.38. The number of halogens is 1. The summed E-state index contributed by atoms with van der Waals surface area (Å²) >= 11 is 3.37. The first kappa shape index (κ1) is 12.6. The number of aromatic nitrogens is 2. The zero-order valence-electron chi connectivity index (χ0n) is 10.1. The molecule has 1 heterocycles. The van der Waals surface area contributed by atoms with Gasteiger partial charge in [-0.25, -0.2) is 0 Å². The molecule has 0 atom stereocenters. The second-order valence-electron chi connectivity index (χ2n) is 3.99.